The van der Waals surface area contributed by atoms with Gasteiger partial charge in [0.05, 0.1) is 0 Å². The van der Waals surface area contributed by atoms with E-state index in [1.54, 1.807) is 42.6 Å². The van der Waals surface area contributed by atoms with E-state index in [-0.39, 0.29) is 23.9 Å². The zero-order valence-corrected chi connectivity index (χ0v) is 16.5. The number of fused-ring (bicyclic) bond motifs is 1. The maximum atomic E-state index is 12.5. The second-order valence-corrected chi connectivity index (χ2v) is 8.19. The second kappa shape index (κ2) is 7.92. The van der Waals surface area contributed by atoms with Crippen LogP contribution >= 0.6 is 11.6 Å². The number of carbonyl (C=O) groups excluding carboxylic acids is 2. The molecule has 2 amide bonds. The lowest BCUT2D eigenvalue weighted by Crippen LogP contribution is -2.39. The van der Waals surface area contributed by atoms with Crippen LogP contribution in [0, 0.1) is 17.8 Å². The number of rotatable bonds is 6. The van der Waals surface area contributed by atoms with Crippen molar-refractivity contribution in [2.75, 3.05) is 0 Å². The van der Waals surface area contributed by atoms with E-state index in [4.69, 9.17) is 11.6 Å². The summed E-state index contributed by atoms with van der Waals surface area (Å²) >= 11 is 5.90. The topological polar surface area (TPSA) is 71.1 Å². The third-order valence-electron chi connectivity index (χ3n) is 6.07. The molecule has 2 aliphatic rings. The van der Waals surface area contributed by atoms with Crippen LogP contribution in [0.5, 0.6) is 0 Å². The second-order valence-electron chi connectivity index (χ2n) is 7.76. The largest absolute Gasteiger partial charge is 0.349 e. The molecule has 0 unspecified atom stereocenters. The number of halogens is 1. The summed E-state index contributed by atoms with van der Waals surface area (Å²) in [6.07, 6.45) is 4.48. The van der Waals surface area contributed by atoms with Crippen LogP contribution in [-0.2, 0) is 0 Å². The van der Waals surface area contributed by atoms with E-state index in [0.29, 0.717) is 34.0 Å². The normalized spacial score (nSPS) is 26.2. The van der Waals surface area contributed by atoms with Crippen molar-refractivity contribution in [3.05, 3.63) is 64.9 Å². The lowest BCUT2D eigenvalue weighted by molar-refractivity contribution is 0.0926. The predicted octanol–water partition coefficient (Wildman–Crippen LogP) is 3.70. The van der Waals surface area contributed by atoms with Gasteiger partial charge in [0, 0.05) is 28.9 Å². The van der Waals surface area contributed by atoms with Crippen molar-refractivity contribution >= 4 is 23.4 Å². The molecule has 146 valence electrons. The van der Waals surface area contributed by atoms with Crippen LogP contribution in [0.2, 0.25) is 5.02 Å². The van der Waals surface area contributed by atoms with Crippen molar-refractivity contribution < 1.29 is 9.59 Å². The summed E-state index contributed by atoms with van der Waals surface area (Å²) in [6, 6.07) is 12.7. The minimum atomic E-state index is -0.105. The van der Waals surface area contributed by atoms with Crippen LogP contribution in [0.1, 0.15) is 47.0 Å². The summed E-state index contributed by atoms with van der Waals surface area (Å²) in [5, 5.41) is 6.92. The smallest absolute Gasteiger partial charge is 0.270 e. The molecule has 2 N–H and O–H groups in total. The Morgan fingerprint density at radius 3 is 2.43 bits per heavy atom. The summed E-state index contributed by atoms with van der Waals surface area (Å²) in [4.78, 5) is 28.9. The highest BCUT2D eigenvalue weighted by atomic mass is 35.5. The van der Waals surface area contributed by atoms with E-state index in [0.717, 1.165) is 19.3 Å². The van der Waals surface area contributed by atoms with E-state index >= 15 is 0 Å². The zero-order chi connectivity index (χ0) is 19.7. The summed E-state index contributed by atoms with van der Waals surface area (Å²) < 4.78 is 0. The number of nitrogens with one attached hydrogen (secondary N) is 2. The first kappa shape index (κ1) is 18.9. The van der Waals surface area contributed by atoms with Crippen LogP contribution in [0.15, 0.2) is 48.7 Å². The molecule has 5 atom stereocenters. The number of amides is 2. The summed E-state index contributed by atoms with van der Waals surface area (Å²) in [5.41, 5.74) is 1.09. The average Bonchev–Trinajstić information content (AvgIpc) is 3.20. The van der Waals surface area contributed by atoms with Crippen molar-refractivity contribution in [3.63, 3.8) is 0 Å². The van der Waals surface area contributed by atoms with E-state index in [1.165, 1.54) is 0 Å². The highest BCUT2D eigenvalue weighted by Gasteiger charge is 2.58. The van der Waals surface area contributed by atoms with Gasteiger partial charge < -0.3 is 10.6 Å². The third-order valence-corrected chi connectivity index (χ3v) is 6.32. The van der Waals surface area contributed by atoms with Crippen molar-refractivity contribution in [1.82, 2.24) is 15.6 Å². The molecule has 0 bridgehead atoms. The Hall–Kier alpha value is -2.40. The van der Waals surface area contributed by atoms with Gasteiger partial charge in [0.15, 0.2) is 0 Å². The Morgan fingerprint density at radius 2 is 1.82 bits per heavy atom. The SMILES string of the molecule is CC[C@@H](NC(=O)c1ccc(Cl)cc1)[C@H]1[C@@H]2C[C@@H](NC(=O)c3ccccn3)C[C@@H]21. The molecule has 6 heteroatoms. The molecular weight excluding hydrogens is 374 g/mol. The molecule has 4 rings (SSSR count). The Bertz CT molecular complexity index is 844. The number of nitrogens with zero attached hydrogens (tertiary/aromatic N) is 1. The Morgan fingerprint density at radius 1 is 1.11 bits per heavy atom. The van der Waals surface area contributed by atoms with Gasteiger partial charge in [0.1, 0.15) is 5.69 Å². The molecule has 2 aliphatic carbocycles. The average molecular weight is 398 g/mol. The Labute approximate surface area is 169 Å². The molecule has 1 aromatic carbocycles. The van der Waals surface area contributed by atoms with Crippen LogP contribution < -0.4 is 10.6 Å². The van der Waals surface area contributed by atoms with Crippen molar-refractivity contribution in [2.45, 2.75) is 38.3 Å². The fourth-order valence-electron chi connectivity index (χ4n) is 4.69. The first-order valence-electron chi connectivity index (χ1n) is 9.85. The van der Waals surface area contributed by atoms with Gasteiger partial charge >= 0.3 is 0 Å². The summed E-state index contributed by atoms with van der Waals surface area (Å²) in [7, 11) is 0. The quantitative estimate of drug-likeness (QED) is 0.780. The lowest BCUT2D eigenvalue weighted by Gasteiger charge is -2.22. The molecule has 2 aromatic rings. The van der Waals surface area contributed by atoms with Crippen LogP contribution in [0.4, 0.5) is 0 Å². The molecule has 2 fully saturated rings. The monoisotopic (exact) mass is 397 g/mol. The van der Waals surface area contributed by atoms with Gasteiger partial charge in [-0.1, -0.05) is 24.6 Å². The lowest BCUT2D eigenvalue weighted by atomic mass is 9.99. The van der Waals surface area contributed by atoms with E-state index < -0.39 is 0 Å². The molecule has 1 aromatic heterocycles. The van der Waals surface area contributed by atoms with E-state index in [1.807, 2.05) is 6.07 Å². The fourth-order valence-corrected chi connectivity index (χ4v) is 4.81. The van der Waals surface area contributed by atoms with E-state index in [2.05, 4.69) is 22.5 Å². The zero-order valence-electron chi connectivity index (χ0n) is 15.8. The van der Waals surface area contributed by atoms with Crippen molar-refractivity contribution in [3.8, 4) is 0 Å². The van der Waals surface area contributed by atoms with Gasteiger partial charge in [-0.05, 0) is 73.4 Å². The molecule has 0 radical (unpaired) electrons. The van der Waals surface area contributed by atoms with Crippen LogP contribution in [-0.4, -0.2) is 28.9 Å². The van der Waals surface area contributed by atoms with Gasteiger partial charge in [0.25, 0.3) is 11.8 Å². The van der Waals surface area contributed by atoms with Crippen molar-refractivity contribution in [2.24, 2.45) is 17.8 Å². The van der Waals surface area contributed by atoms with Crippen LogP contribution in [0.25, 0.3) is 0 Å². The predicted molar refractivity (Wildman–Crippen MR) is 108 cm³/mol. The molecule has 2 saturated carbocycles. The minimum absolute atomic E-state index is 0.0477. The summed E-state index contributed by atoms with van der Waals surface area (Å²) in [5.74, 6) is 1.50. The molecule has 0 aliphatic heterocycles. The van der Waals surface area contributed by atoms with Gasteiger partial charge in [-0.3, -0.25) is 14.6 Å². The molecule has 0 spiro atoms. The molecule has 0 saturated heterocycles. The Kier molecular flexibility index (Phi) is 5.36. The highest BCUT2D eigenvalue weighted by Crippen LogP contribution is 2.59. The fraction of sp³-hybridized carbons (Fsp3) is 0.409. The number of pyridine rings is 1. The van der Waals surface area contributed by atoms with Gasteiger partial charge in [-0.15, -0.1) is 0 Å². The molecule has 28 heavy (non-hydrogen) atoms. The number of hydrogen-bond acceptors (Lipinski definition) is 3. The minimum Gasteiger partial charge on any atom is -0.349 e. The standard InChI is InChI=1S/C22H24ClN3O2/c1-2-18(26-21(27)13-6-8-14(23)9-7-13)20-16-11-15(12-17(16)20)25-22(28)19-5-3-4-10-24-19/h3-10,15-18,20H,2,11-12H2,1H3,(H,25,28)(H,26,27)/t15-,16-,17+,18-,20+/m1/s1. The maximum absolute atomic E-state index is 12.5. The third kappa shape index (κ3) is 3.90. The first-order valence-corrected chi connectivity index (χ1v) is 10.2. The van der Waals surface area contributed by atoms with E-state index in [9.17, 15) is 9.59 Å². The number of benzene rings is 1. The van der Waals surface area contributed by atoms with Crippen LogP contribution in [0.3, 0.4) is 0 Å². The van der Waals surface area contributed by atoms with Gasteiger partial charge in [0.2, 0.25) is 0 Å². The number of aromatic nitrogens is 1. The van der Waals surface area contributed by atoms with Gasteiger partial charge in [-0.2, -0.15) is 0 Å². The molecule has 5 nitrogen and oxygen atoms in total. The first-order chi connectivity index (χ1) is 13.6. The Balaban J connectivity index is 1.30. The molecular formula is C22H24ClN3O2. The van der Waals surface area contributed by atoms with Gasteiger partial charge in [-0.25, -0.2) is 0 Å². The molecule has 1 heterocycles. The highest BCUT2D eigenvalue weighted by molar-refractivity contribution is 6.30. The number of carbonyl (C=O) groups is 2. The number of hydrogen-bond donors (Lipinski definition) is 2. The van der Waals surface area contributed by atoms with Crippen molar-refractivity contribution in [1.29, 1.82) is 0 Å². The summed E-state index contributed by atoms with van der Waals surface area (Å²) in [6.45, 7) is 2.11. The maximum Gasteiger partial charge on any atom is 0.270 e.